The van der Waals surface area contributed by atoms with E-state index in [1.54, 1.807) is 4.90 Å². The van der Waals surface area contributed by atoms with E-state index in [2.05, 4.69) is 0 Å². The molecule has 0 N–H and O–H groups in total. The molecule has 78 valence electrons. The van der Waals surface area contributed by atoms with E-state index in [1.807, 2.05) is 0 Å². The van der Waals surface area contributed by atoms with Gasteiger partial charge in [-0.25, -0.2) is 4.79 Å². The monoisotopic (exact) mass is 197 g/mol. The highest BCUT2D eigenvalue weighted by molar-refractivity contribution is 5.84. The largest absolute Gasteiger partial charge is 0.453 e. The Morgan fingerprint density at radius 2 is 2.29 bits per heavy atom. The van der Waals surface area contributed by atoms with Gasteiger partial charge in [-0.2, -0.15) is 0 Å². The van der Waals surface area contributed by atoms with Gasteiger partial charge in [0.15, 0.2) is 0 Å². The van der Waals surface area contributed by atoms with Crippen molar-refractivity contribution in [2.45, 2.75) is 31.7 Å². The van der Waals surface area contributed by atoms with Crippen LogP contribution in [0.3, 0.4) is 0 Å². The molecule has 1 saturated carbocycles. The summed E-state index contributed by atoms with van der Waals surface area (Å²) in [5, 5.41) is 0. The van der Waals surface area contributed by atoms with Crippen molar-refractivity contribution in [2.75, 3.05) is 13.7 Å². The number of amides is 1. The summed E-state index contributed by atoms with van der Waals surface area (Å²) in [6.07, 6.45) is 3.08. The highest BCUT2D eigenvalue weighted by Gasteiger charge is 2.42. The first-order valence-corrected chi connectivity index (χ1v) is 5.11. The number of carbonyl (C=O) groups is 2. The molecule has 1 aliphatic carbocycles. The molecule has 0 aromatic heterocycles. The predicted molar refractivity (Wildman–Crippen MR) is 49.9 cm³/mol. The maximum Gasteiger partial charge on any atom is 0.409 e. The van der Waals surface area contributed by atoms with Crippen LogP contribution >= 0.6 is 0 Å². The summed E-state index contributed by atoms with van der Waals surface area (Å²) in [5.74, 6) is 0.413. The zero-order valence-corrected chi connectivity index (χ0v) is 8.36. The molecule has 0 radical (unpaired) electrons. The summed E-state index contributed by atoms with van der Waals surface area (Å²) < 4.78 is 4.69. The van der Waals surface area contributed by atoms with Crippen LogP contribution in [0.25, 0.3) is 0 Å². The number of fused-ring (bicyclic) bond motifs is 1. The maximum absolute atomic E-state index is 11.6. The smallest absolute Gasteiger partial charge is 0.409 e. The van der Waals surface area contributed by atoms with Crippen LogP contribution in [0.2, 0.25) is 0 Å². The molecule has 4 nitrogen and oxygen atoms in total. The Bertz CT molecular complexity index is 264. The Hall–Kier alpha value is -1.06. The molecule has 1 saturated heterocycles. The number of hydrogen-bond acceptors (Lipinski definition) is 3. The molecule has 2 rings (SSSR count). The van der Waals surface area contributed by atoms with E-state index >= 15 is 0 Å². The number of hydrogen-bond donors (Lipinski definition) is 0. The number of ether oxygens (including phenoxy) is 1. The first-order chi connectivity index (χ1) is 6.74. The van der Waals surface area contributed by atoms with Crippen molar-refractivity contribution < 1.29 is 14.3 Å². The van der Waals surface area contributed by atoms with Gasteiger partial charge in [-0.15, -0.1) is 0 Å². The predicted octanol–water partition coefficient (Wildman–Crippen LogP) is 1.20. The third kappa shape index (κ3) is 1.38. The van der Waals surface area contributed by atoms with E-state index in [-0.39, 0.29) is 18.1 Å². The number of rotatable bonds is 0. The number of Topliss-reactive ketones (excluding diaryl/α,β-unsaturated/α-hetero) is 1. The highest BCUT2D eigenvalue weighted by Crippen LogP contribution is 2.34. The van der Waals surface area contributed by atoms with Gasteiger partial charge in [-0.1, -0.05) is 0 Å². The number of methoxy groups -OCH3 is 1. The standard InChI is InChI=1S/C10H15NO3/c1-14-10(13)11-6-5-7-8(11)3-2-4-9(7)12/h7-8H,2-6H2,1H3. The average Bonchev–Trinajstić information content (AvgIpc) is 2.62. The van der Waals surface area contributed by atoms with Crippen LogP contribution in [0.1, 0.15) is 25.7 Å². The second kappa shape index (κ2) is 3.59. The van der Waals surface area contributed by atoms with E-state index in [0.29, 0.717) is 18.7 Å². The van der Waals surface area contributed by atoms with Gasteiger partial charge in [0.25, 0.3) is 0 Å². The normalized spacial score (nSPS) is 31.5. The van der Waals surface area contributed by atoms with Crippen molar-refractivity contribution in [3.05, 3.63) is 0 Å². The van der Waals surface area contributed by atoms with Crippen LogP contribution in [-0.4, -0.2) is 36.5 Å². The molecular formula is C10H15NO3. The first-order valence-electron chi connectivity index (χ1n) is 5.11. The van der Waals surface area contributed by atoms with Crippen LogP contribution in [0.15, 0.2) is 0 Å². The average molecular weight is 197 g/mol. The minimum Gasteiger partial charge on any atom is -0.453 e. The minimum absolute atomic E-state index is 0.0860. The van der Waals surface area contributed by atoms with E-state index in [4.69, 9.17) is 4.74 Å². The lowest BCUT2D eigenvalue weighted by Crippen LogP contribution is -2.41. The third-order valence-electron chi connectivity index (χ3n) is 3.29. The molecule has 2 atom stereocenters. The Morgan fingerprint density at radius 1 is 1.50 bits per heavy atom. The van der Waals surface area contributed by atoms with Gasteiger partial charge in [0, 0.05) is 24.9 Å². The van der Waals surface area contributed by atoms with E-state index in [1.165, 1.54) is 7.11 Å². The van der Waals surface area contributed by atoms with Gasteiger partial charge in [0.05, 0.1) is 7.11 Å². The number of carbonyl (C=O) groups excluding carboxylic acids is 2. The molecule has 14 heavy (non-hydrogen) atoms. The molecular weight excluding hydrogens is 182 g/mol. The second-order valence-corrected chi connectivity index (χ2v) is 3.98. The van der Waals surface area contributed by atoms with Crippen LogP contribution < -0.4 is 0 Å². The summed E-state index contributed by atoms with van der Waals surface area (Å²) in [6, 6.07) is 0.115. The molecule has 0 spiro atoms. The molecule has 1 aliphatic heterocycles. The van der Waals surface area contributed by atoms with Gasteiger partial charge < -0.3 is 9.64 Å². The van der Waals surface area contributed by atoms with Gasteiger partial charge >= 0.3 is 6.09 Å². The van der Waals surface area contributed by atoms with Crippen LogP contribution in [0, 0.1) is 5.92 Å². The molecule has 1 heterocycles. The molecule has 4 heteroatoms. The fourth-order valence-electron chi connectivity index (χ4n) is 2.60. The van der Waals surface area contributed by atoms with Gasteiger partial charge in [-0.05, 0) is 19.3 Å². The van der Waals surface area contributed by atoms with Crippen LogP contribution in [0.5, 0.6) is 0 Å². The van der Waals surface area contributed by atoms with Crippen molar-refractivity contribution in [1.82, 2.24) is 4.90 Å². The van der Waals surface area contributed by atoms with Gasteiger partial charge in [0.2, 0.25) is 0 Å². The Kier molecular flexibility index (Phi) is 2.44. The summed E-state index contributed by atoms with van der Waals surface area (Å²) in [4.78, 5) is 24.6. The molecule has 2 fully saturated rings. The molecule has 2 unspecified atom stereocenters. The van der Waals surface area contributed by atoms with E-state index in [0.717, 1.165) is 19.3 Å². The van der Waals surface area contributed by atoms with Crippen molar-refractivity contribution in [1.29, 1.82) is 0 Å². The van der Waals surface area contributed by atoms with Crippen molar-refractivity contribution in [3.63, 3.8) is 0 Å². The van der Waals surface area contributed by atoms with Crippen LogP contribution in [-0.2, 0) is 9.53 Å². The SMILES string of the molecule is COC(=O)N1CCC2C(=O)CCCC21. The summed E-state index contributed by atoms with van der Waals surface area (Å²) >= 11 is 0. The fraction of sp³-hybridized carbons (Fsp3) is 0.800. The molecule has 0 bridgehead atoms. The molecule has 0 aromatic rings. The Balaban J connectivity index is 2.10. The molecule has 1 amide bonds. The lowest BCUT2D eigenvalue weighted by molar-refractivity contribution is -0.125. The Morgan fingerprint density at radius 3 is 3.00 bits per heavy atom. The van der Waals surface area contributed by atoms with Gasteiger partial charge in [-0.3, -0.25) is 4.79 Å². The topological polar surface area (TPSA) is 46.6 Å². The maximum atomic E-state index is 11.6. The first kappa shape index (κ1) is 9.49. The minimum atomic E-state index is -0.285. The van der Waals surface area contributed by atoms with Crippen molar-refractivity contribution in [2.24, 2.45) is 5.92 Å². The molecule has 0 aromatic carbocycles. The third-order valence-corrected chi connectivity index (χ3v) is 3.29. The quantitative estimate of drug-likeness (QED) is 0.586. The van der Waals surface area contributed by atoms with E-state index < -0.39 is 0 Å². The zero-order valence-electron chi connectivity index (χ0n) is 8.36. The fourth-order valence-corrected chi connectivity index (χ4v) is 2.60. The number of likely N-dealkylation sites (tertiary alicyclic amines) is 1. The lowest BCUT2D eigenvalue weighted by atomic mass is 9.84. The van der Waals surface area contributed by atoms with Crippen molar-refractivity contribution >= 4 is 11.9 Å². The lowest BCUT2D eigenvalue weighted by Gasteiger charge is -2.29. The Labute approximate surface area is 83.2 Å². The summed E-state index contributed by atoms with van der Waals surface area (Å²) in [5.41, 5.74) is 0. The second-order valence-electron chi connectivity index (χ2n) is 3.98. The number of nitrogens with zero attached hydrogens (tertiary/aromatic N) is 1. The van der Waals surface area contributed by atoms with Gasteiger partial charge in [0.1, 0.15) is 5.78 Å². The van der Waals surface area contributed by atoms with E-state index in [9.17, 15) is 9.59 Å². The van der Waals surface area contributed by atoms with Crippen LogP contribution in [0.4, 0.5) is 4.79 Å². The number of ketones is 1. The summed E-state index contributed by atoms with van der Waals surface area (Å²) in [7, 11) is 1.39. The highest BCUT2D eigenvalue weighted by atomic mass is 16.5. The summed E-state index contributed by atoms with van der Waals surface area (Å²) in [6.45, 7) is 0.674. The zero-order chi connectivity index (χ0) is 10.1. The molecule has 2 aliphatic rings. The van der Waals surface area contributed by atoms with Crippen molar-refractivity contribution in [3.8, 4) is 0 Å².